The minimum Gasteiger partial charge on any atom is -0.497 e. The fourth-order valence-corrected chi connectivity index (χ4v) is 3.59. The number of nitrogens with one attached hydrogen (secondary N) is 2. The lowest BCUT2D eigenvalue weighted by Crippen LogP contribution is -2.31. The van der Waals surface area contributed by atoms with Crippen molar-refractivity contribution >= 4 is 17.5 Å². The summed E-state index contributed by atoms with van der Waals surface area (Å²) in [5.74, 6) is 1.81. The van der Waals surface area contributed by atoms with Crippen molar-refractivity contribution in [2.45, 2.75) is 13.0 Å². The van der Waals surface area contributed by atoms with E-state index in [1.165, 1.54) is 7.11 Å². The molecule has 160 valence electrons. The lowest BCUT2D eigenvalue weighted by molar-refractivity contribution is -0.113. The van der Waals surface area contributed by atoms with Gasteiger partial charge < -0.3 is 24.8 Å². The maximum atomic E-state index is 13.5. The predicted octanol–water partition coefficient (Wildman–Crippen LogP) is 2.63. The van der Waals surface area contributed by atoms with Gasteiger partial charge in [-0.2, -0.15) is 4.68 Å². The van der Waals surface area contributed by atoms with Gasteiger partial charge in [0.1, 0.15) is 23.3 Å². The van der Waals surface area contributed by atoms with E-state index in [2.05, 4.69) is 26.2 Å². The van der Waals surface area contributed by atoms with E-state index < -0.39 is 6.04 Å². The van der Waals surface area contributed by atoms with Gasteiger partial charge in [-0.25, -0.2) is 0 Å². The first-order valence-electron chi connectivity index (χ1n) is 9.49. The molecule has 1 atom stereocenters. The van der Waals surface area contributed by atoms with Crippen molar-refractivity contribution in [3.05, 3.63) is 59.3 Å². The van der Waals surface area contributed by atoms with E-state index in [0.29, 0.717) is 40.2 Å². The highest BCUT2D eigenvalue weighted by atomic mass is 16.5. The second-order valence-electron chi connectivity index (χ2n) is 6.78. The highest BCUT2D eigenvalue weighted by Crippen LogP contribution is 2.39. The highest BCUT2D eigenvalue weighted by Gasteiger charge is 2.35. The van der Waals surface area contributed by atoms with Crippen LogP contribution < -0.4 is 24.8 Å². The monoisotopic (exact) mass is 422 g/mol. The first-order chi connectivity index (χ1) is 15.1. The Hall–Kier alpha value is -4.08. The molecule has 4 rings (SSSR count). The Balaban J connectivity index is 1.79. The van der Waals surface area contributed by atoms with Gasteiger partial charge in [-0.3, -0.25) is 4.79 Å². The van der Waals surface area contributed by atoms with Gasteiger partial charge in [-0.05, 0) is 35.5 Å². The number of hydrogen-bond donors (Lipinski definition) is 2. The molecule has 0 fully saturated rings. The number of aromatic nitrogens is 4. The summed E-state index contributed by atoms with van der Waals surface area (Å²) in [7, 11) is 4.68. The molecule has 1 aliphatic heterocycles. The number of nitrogens with zero attached hydrogens (tertiary/aromatic N) is 4. The molecule has 0 spiro atoms. The van der Waals surface area contributed by atoms with Crippen LogP contribution in [0.1, 0.15) is 18.5 Å². The van der Waals surface area contributed by atoms with E-state index in [1.54, 1.807) is 44.0 Å². The Labute approximate surface area is 178 Å². The normalized spacial score (nSPS) is 15.0. The Morgan fingerprint density at radius 2 is 1.84 bits per heavy atom. The zero-order valence-electron chi connectivity index (χ0n) is 17.5. The quantitative estimate of drug-likeness (QED) is 0.623. The van der Waals surface area contributed by atoms with Crippen molar-refractivity contribution in [1.82, 2.24) is 20.2 Å². The number of fused-ring (bicyclic) bond motifs is 1. The number of allylic oxidation sites excluding steroid dienone is 1. The third kappa shape index (κ3) is 3.63. The summed E-state index contributed by atoms with van der Waals surface area (Å²) in [6, 6.07) is 12.0. The van der Waals surface area contributed by atoms with Crippen molar-refractivity contribution in [2.24, 2.45) is 0 Å². The lowest BCUT2D eigenvalue weighted by Gasteiger charge is -2.29. The van der Waals surface area contributed by atoms with Crippen LogP contribution in [0, 0.1) is 0 Å². The fourth-order valence-electron chi connectivity index (χ4n) is 3.59. The summed E-state index contributed by atoms with van der Waals surface area (Å²) in [6.07, 6.45) is 0. The van der Waals surface area contributed by atoms with Crippen LogP contribution in [-0.4, -0.2) is 47.4 Å². The number of carbonyl (C=O) groups is 1. The van der Waals surface area contributed by atoms with Crippen molar-refractivity contribution in [3.8, 4) is 17.2 Å². The molecule has 2 N–H and O–H groups in total. The maximum Gasteiger partial charge on any atom is 0.255 e. The van der Waals surface area contributed by atoms with E-state index in [4.69, 9.17) is 14.2 Å². The van der Waals surface area contributed by atoms with Crippen LogP contribution in [-0.2, 0) is 4.79 Å². The standard InChI is InChI=1S/C21H22N6O4/c1-12-18(20(28)23-15-11-13(29-2)9-10-17(15)31-4)19(27-21(22-12)24-25-26-27)14-7-5-6-8-16(14)30-3/h5-11,19H,1-4H3,(H,23,28)(H,22,24,26)/t19-/m1/s1. The molecule has 0 aliphatic carbocycles. The Bertz CT molecular complexity index is 1160. The number of tetrazole rings is 1. The fraction of sp³-hybridized carbons (Fsp3) is 0.238. The van der Waals surface area contributed by atoms with Crippen LogP contribution >= 0.6 is 0 Å². The zero-order valence-corrected chi connectivity index (χ0v) is 17.5. The van der Waals surface area contributed by atoms with Gasteiger partial charge in [0.15, 0.2) is 0 Å². The van der Waals surface area contributed by atoms with Crippen molar-refractivity contribution < 1.29 is 19.0 Å². The molecule has 3 aromatic rings. The van der Waals surface area contributed by atoms with Crippen LogP contribution in [0.25, 0.3) is 0 Å². The molecule has 0 radical (unpaired) electrons. The Morgan fingerprint density at radius 1 is 1.06 bits per heavy atom. The second-order valence-corrected chi connectivity index (χ2v) is 6.78. The minimum absolute atomic E-state index is 0.339. The maximum absolute atomic E-state index is 13.5. The number of benzene rings is 2. The average molecular weight is 422 g/mol. The molecule has 2 aromatic carbocycles. The summed E-state index contributed by atoms with van der Waals surface area (Å²) in [4.78, 5) is 13.5. The van der Waals surface area contributed by atoms with Gasteiger partial charge in [0.2, 0.25) is 5.95 Å². The lowest BCUT2D eigenvalue weighted by atomic mass is 9.94. The molecule has 1 aliphatic rings. The van der Waals surface area contributed by atoms with E-state index in [1.807, 2.05) is 24.3 Å². The SMILES string of the molecule is COc1ccc(OC)c(NC(=O)C2=C(C)Nc3nnnn3[C@@H]2c2ccccc2OC)c1. The van der Waals surface area contributed by atoms with Crippen LogP contribution in [0.5, 0.6) is 17.2 Å². The summed E-state index contributed by atoms with van der Waals surface area (Å²) < 4.78 is 17.8. The van der Waals surface area contributed by atoms with Crippen molar-refractivity contribution in [3.63, 3.8) is 0 Å². The second kappa shape index (κ2) is 8.34. The van der Waals surface area contributed by atoms with Gasteiger partial charge in [0.25, 0.3) is 5.91 Å². The third-order valence-electron chi connectivity index (χ3n) is 5.05. The molecule has 1 amide bonds. The summed E-state index contributed by atoms with van der Waals surface area (Å²) in [5.41, 5.74) is 2.29. The number of amides is 1. The summed E-state index contributed by atoms with van der Waals surface area (Å²) in [5, 5.41) is 17.9. The molecule has 2 heterocycles. The van der Waals surface area contributed by atoms with Crippen molar-refractivity contribution in [2.75, 3.05) is 32.0 Å². The Kier molecular flexibility index (Phi) is 5.44. The average Bonchev–Trinajstić information content (AvgIpc) is 3.25. The Morgan fingerprint density at radius 3 is 2.58 bits per heavy atom. The van der Waals surface area contributed by atoms with Gasteiger partial charge in [0.05, 0.1) is 32.6 Å². The van der Waals surface area contributed by atoms with Crippen LogP contribution in [0.3, 0.4) is 0 Å². The van der Waals surface area contributed by atoms with Gasteiger partial charge >= 0.3 is 0 Å². The van der Waals surface area contributed by atoms with E-state index in [9.17, 15) is 4.79 Å². The highest BCUT2D eigenvalue weighted by molar-refractivity contribution is 6.06. The summed E-state index contributed by atoms with van der Waals surface area (Å²) in [6.45, 7) is 1.80. The van der Waals surface area contributed by atoms with E-state index in [0.717, 1.165) is 5.56 Å². The molecular weight excluding hydrogens is 400 g/mol. The minimum atomic E-state index is -0.598. The molecule has 1 aromatic heterocycles. The largest absolute Gasteiger partial charge is 0.497 e. The number of hydrogen-bond acceptors (Lipinski definition) is 8. The molecular formula is C21H22N6O4. The third-order valence-corrected chi connectivity index (χ3v) is 5.05. The first-order valence-corrected chi connectivity index (χ1v) is 9.49. The number of para-hydroxylation sites is 1. The van der Waals surface area contributed by atoms with E-state index >= 15 is 0 Å². The number of rotatable bonds is 6. The smallest absolute Gasteiger partial charge is 0.255 e. The molecule has 0 bridgehead atoms. The van der Waals surface area contributed by atoms with E-state index in [-0.39, 0.29) is 5.91 Å². The number of carbonyl (C=O) groups excluding carboxylic acids is 1. The van der Waals surface area contributed by atoms with Gasteiger partial charge in [0, 0.05) is 17.3 Å². The van der Waals surface area contributed by atoms with Crippen LogP contribution in [0.2, 0.25) is 0 Å². The van der Waals surface area contributed by atoms with Gasteiger partial charge in [-0.15, -0.1) is 0 Å². The molecule has 0 unspecified atom stereocenters. The topological polar surface area (TPSA) is 112 Å². The van der Waals surface area contributed by atoms with Crippen LogP contribution in [0.4, 0.5) is 11.6 Å². The van der Waals surface area contributed by atoms with Crippen molar-refractivity contribution in [1.29, 1.82) is 0 Å². The number of ether oxygens (including phenoxy) is 3. The zero-order chi connectivity index (χ0) is 22.0. The molecule has 0 saturated heterocycles. The molecule has 31 heavy (non-hydrogen) atoms. The predicted molar refractivity (Wildman–Crippen MR) is 113 cm³/mol. The number of methoxy groups -OCH3 is 3. The summed E-state index contributed by atoms with van der Waals surface area (Å²) >= 11 is 0. The van der Waals surface area contributed by atoms with Gasteiger partial charge in [-0.1, -0.05) is 23.3 Å². The van der Waals surface area contributed by atoms with Crippen LogP contribution in [0.15, 0.2) is 53.7 Å². The molecule has 10 heteroatoms. The molecule has 10 nitrogen and oxygen atoms in total. The number of anilines is 2. The first kappa shape index (κ1) is 20.2. The molecule has 0 saturated carbocycles.